The fourth-order valence-corrected chi connectivity index (χ4v) is 5.55. The molecule has 6 heteroatoms. The topological polar surface area (TPSA) is 56.7 Å². The smallest absolute Gasteiger partial charge is 0.216 e. The van der Waals surface area contributed by atoms with Gasteiger partial charge in [-0.05, 0) is 48.4 Å². The Morgan fingerprint density at radius 3 is 2.55 bits per heavy atom. The number of furan rings is 1. The molecule has 8 rings (SSSR count). The number of hydrogen-bond donors (Lipinski definition) is 0. The molecular formula is C36H28IrN4O-2. The number of nitrogens with zero attached hydrogens (tertiary/aromatic N) is 4. The van der Waals surface area contributed by atoms with Gasteiger partial charge in [-0.3, -0.25) is 4.98 Å². The van der Waals surface area contributed by atoms with Gasteiger partial charge in [-0.25, -0.2) is 4.98 Å². The summed E-state index contributed by atoms with van der Waals surface area (Å²) in [5, 5.41) is 2.07. The Balaban J connectivity index is 0.000000147. The third-order valence-corrected chi connectivity index (χ3v) is 7.48. The van der Waals surface area contributed by atoms with E-state index in [4.69, 9.17) is 9.40 Å². The number of hydrogen-bond acceptors (Lipinski definition) is 4. The maximum atomic E-state index is 5.94. The molecule has 0 unspecified atom stereocenters. The predicted molar refractivity (Wildman–Crippen MR) is 165 cm³/mol. The molecule has 0 atom stereocenters. The molecule has 1 aliphatic heterocycles. The van der Waals surface area contributed by atoms with Crippen molar-refractivity contribution in [2.24, 2.45) is 0 Å². The summed E-state index contributed by atoms with van der Waals surface area (Å²) >= 11 is 0. The fraction of sp³-hybridized carbons (Fsp3) is 0.139. The Morgan fingerprint density at radius 1 is 0.881 bits per heavy atom. The second kappa shape index (κ2) is 11.5. The molecule has 5 nitrogen and oxygen atoms in total. The Morgan fingerprint density at radius 2 is 1.76 bits per heavy atom. The molecule has 1 aliphatic rings. The van der Waals surface area contributed by atoms with Gasteiger partial charge in [0.15, 0.2) is 0 Å². The van der Waals surface area contributed by atoms with E-state index in [2.05, 4.69) is 70.9 Å². The molecule has 0 N–H and O–H groups in total. The second-order valence-corrected chi connectivity index (χ2v) is 10.5. The summed E-state index contributed by atoms with van der Waals surface area (Å²) in [5.74, 6) is 1.53. The molecule has 0 saturated carbocycles. The van der Waals surface area contributed by atoms with Gasteiger partial charge >= 0.3 is 0 Å². The minimum Gasteiger partial charge on any atom is -0.486 e. The minimum absolute atomic E-state index is 0. The number of aromatic nitrogens is 4. The molecule has 0 aliphatic carbocycles. The van der Waals surface area contributed by atoms with Crippen LogP contribution in [0.25, 0.3) is 61.8 Å². The van der Waals surface area contributed by atoms with E-state index >= 15 is 0 Å². The Bertz CT molecular complexity index is 2060. The molecule has 4 aromatic heterocycles. The summed E-state index contributed by atoms with van der Waals surface area (Å²) in [6.07, 6.45) is 6.24. The van der Waals surface area contributed by atoms with Crippen LogP contribution in [-0.4, -0.2) is 19.5 Å². The average Bonchev–Trinajstić information content (AvgIpc) is 3.57. The first kappa shape index (κ1) is 27.8. The zero-order valence-electron chi connectivity index (χ0n) is 23.6. The van der Waals surface area contributed by atoms with Gasteiger partial charge in [0.05, 0.1) is 22.4 Å². The van der Waals surface area contributed by atoms with Crippen LogP contribution in [0.15, 0.2) is 95.6 Å². The summed E-state index contributed by atoms with van der Waals surface area (Å²) < 4.78 is 8.24. The Labute approximate surface area is 258 Å². The minimum atomic E-state index is 0. The number of pyridine rings is 2. The van der Waals surface area contributed by atoms with Crippen LogP contribution < -0.4 is 0 Å². The van der Waals surface area contributed by atoms with Gasteiger partial charge in [-0.1, -0.05) is 55.1 Å². The number of benzene rings is 3. The van der Waals surface area contributed by atoms with Crippen LogP contribution in [0.4, 0.5) is 0 Å². The molecule has 7 aromatic rings. The number of aryl methyl sites for hydroxylation is 1. The summed E-state index contributed by atoms with van der Waals surface area (Å²) in [6.45, 7) is 7.32. The largest absolute Gasteiger partial charge is 0.486 e. The van der Waals surface area contributed by atoms with E-state index in [0.717, 1.165) is 56.8 Å². The molecular weight excluding hydrogens is 697 g/mol. The van der Waals surface area contributed by atoms with Gasteiger partial charge in [-0.15, -0.1) is 54.1 Å². The maximum absolute atomic E-state index is 5.94. The van der Waals surface area contributed by atoms with Gasteiger partial charge < -0.3 is 14.0 Å². The van der Waals surface area contributed by atoms with Crippen molar-refractivity contribution in [2.45, 2.75) is 33.2 Å². The molecule has 42 heavy (non-hydrogen) atoms. The summed E-state index contributed by atoms with van der Waals surface area (Å²) in [5.41, 5.74) is 10.2. The molecule has 0 saturated heterocycles. The van der Waals surface area contributed by atoms with E-state index in [1.54, 1.807) is 6.20 Å². The standard InChI is InChI=1S/C19H17N2.C17H11N2O.Ir/c1-13(2)15-10-11-17-18-16(15)9-6-12-21(18)19(20-17)14-7-4-3-5-8-14;1-11-8-9-13-12-5-4-6-14(15-7-2-3-10-18-15)16(12)20-17(13)19-11;/h3-7,9-11,13H,12H2,1-2H3;2-5,7-10H,1H3;/q2*-1;. The van der Waals surface area contributed by atoms with Crippen LogP contribution in [0.3, 0.4) is 0 Å². The summed E-state index contributed by atoms with van der Waals surface area (Å²) in [7, 11) is 0. The van der Waals surface area contributed by atoms with Crippen molar-refractivity contribution in [3.05, 3.63) is 120 Å². The molecule has 0 spiro atoms. The van der Waals surface area contributed by atoms with E-state index in [1.807, 2.05) is 67.6 Å². The van der Waals surface area contributed by atoms with E-state index in [0.29, 0.717) is 11.6 Å². The van der Waals surface area contributed by atoms with Gasteiger partial charge in [0.25, 0.3) is 0 Å². The van der Waals surface area contributed by atoms with Gasteiger partial charge in [0, 0.05) is 49.5 Å². The van der Waals surface area contributed by atoms with Crippen molar-refractivity contribution in [3.63, 3.8) is 0 Å². The fourth-order valence-electron chi connectivity index (χ4n) is 5.55. The maximum Gasteiger partial charge on any atom is 0.216 e. The van der Waals surface area contributed by atoms with Crippen LogP contribution in [0.2, 0.25) is 0 Å². The van der Waals surface area contributed by atoms with Crippen LogP contribution in [0.1, 0.15) is 36.6 Å². The van der Waals surface area contributed by atoms with Crippen molar-refractivity contribution < 1.29 is 24.5 Å². The van der Waals surface area contributed by atoms with Gasteiger partial charge in [-0.2, -0.15) is 0 Å². The molecule has 0 fully saturated rings. The van der Waals surface area contributed by atoms with Gasteiger partial charge in [0.1, 0.15) is 0 Å². The monoisotopic (exact) mass is 725 g/mol. The number of fused-ring (bicyclic) bond motifs is 3. The second-order valence-electron chi connectivity index (χ2n) is 10.5. The first-order valence-electron chi connectivity index (χ1n) is 13.9. The zero-order valence-corrected chi connectivity index (χ0v) is 25.9. The third-order valence-electron chi connectivity index (χ3n) is 7.48. The SMILES string of the molecule is CC(C)c1ccc2nc(-c3[c-]cccc3)n3c2c1C=CC3.Cc1ccc2c(n1)oc1c(-c3ccccn3)[c-]ccc12.[Ir]. The molecule has 209 valence electrons. The summed E-state index contributed by atoms with van der Waals surface area (Å²) in [6, 6.07) is 32.7. The Hall–Kier alpha value is -4.38. The van der Waals surface area contributed by atoms with Crippen molar-refractivity contribution >= 4 is 39.2 Å². The molecule has 5 heterocycles. The predicted octanol–water partition coefficient (Wildman–Crippen LogP) is 8.80. The van der Waals surface area contributed by atoms with Crippen molar-refractivity contribution in [1.82, 2.24) is 19.5 Å². The van der Waals surface area contributed by atoms with E-state index < -0.39 is 0 Å². The molecule has 3 aromatic carbocycles. The quantitative estimate of drug-likeness (QED) is 0.171. The van der Waals surface area contributed by atoms with Gasteiger partial charge in [0.2, 0.25) is 5.71 Å². The van der Waals surface area contributed by atoms with Crippen LogP contribution in [0, 0.1) is 19.1 Å². The first-order chi connectivity index (χ1) is 20.1. The summed E-state index contributed by atoms with van der Waals surface area (Å²) in [4.78, 5) is 13.7. The molecule has 0 bridgehead atoms. The van der Waals surface area contributed by atoms with Crippen molar-refractivity contribution in [1.29, 1.82) is 0 Å². The van der Waals surface area contributed by atoms with Crippen LogP contribution >= 0.6 is 0 Å². The third kappa shape index (κ3) is 4.87. The average molecular weight is 725 g/mol. The van der Waals surface area contributed by atoms with E-state index in [9.17, 15) is 0 Å². The number of allylic oxidation sites excluding steroid dienone is 1. The zero-order chi connectivity index (χ0) is 27.9. The van der Waals surface area contributed by atoms with E-state index in [-0.39, 0.29) is 20.1 Å². The van der Waals surface area contributed by atoms with E-state index in [1.165, 1.54) is 16.6 Å². The normalized spacial score (nSPS) is 12.0. The van der Waals surface area contributed by atoms with Crippen molar-refractivity contribution in [2.75, 3.05) is 0 Å². The number of imidazole rings is 1. The molecule has 0 amide bonds. The molecule has 1 radical (unpaired) electrons. The Kier molecular flexibility index (Phi) is 7.59. The van der Waals surface area contributed by atoms with Crippen molar-refractivity contribution in [3.8, 4) is 22.6 Å². The van der Waals surface area contributed by atoms with Crippen LogP contribution in [0.5, 0.6) is 0 Å². The van der Waals surface area contributed by atoms with Crippen LogP contribution in [-0.2, 0) is 26.7 Å². The first-order valence-corrected chi connectivity index (χ1v) is 13.9. The number of rotatable bonds is 3.